The van der Waals surface area contributed by atoms with E-state index >= 15 is 0 Å². The van der Waals surface area contributed by atoms with E-state index in [4.69, 9.17) is 4.74 Å². The molecule has 43 heavy (non-hydrogen) atoms. The van der Waals surface area contributed by atoms with Crippen molar-refractivity contribution < 1.29 is 19.4 Å². The van der Waals surface area contributed by atoms with Gasteiger partial charge in [-0.05, 0) is 60.7 Å². The third kappa shape index (κ3) is 6.18. The maximum absolute atomic E-state index is 13.0. The van der Waals surface area contributed by atoms with E-state index in [1.165, 1.54) is 36.3 Å². The summed E-state index contributed by atoms with van der Waals surface area (Å²) >= 11 is 0. The molecule has 2 aliphatic rings. The third-order valence-electron chi connectivity index (χ3n) is 7.71. The molecule has 0 unspecified atom stereocenters. The lowest BCUT2D eigenvalue weighted by molar-refractivity contribution is 0.0302. The number of anilines is 3. The van der Waals surface area contributed by atoms with Gasteiger partial charge in [-0.2, -0.15) is 5.10 Å². The minimum Gasteiger partial charge on any atom is -0.392 e. The number of benzene rings is 2. The molecule has 2 fully saturated rings. The van der Waals surface area contributed by atoms with E-state index < -0.39 is 0 Å². The summed E-state index contributed by atoms with van der Waals surface area (Å²) in [5, 5.41) is 20.7. The molecule has 11 heteroatoms. The number of amides is 2. The van der Waals surface area contributed by atoms with E-state index in [0.717, 1.165) is 0 Å². The van der Waals surface area contributed by atoms with Crippen molar-refractivity contribution in [3.05, 3.63) is 99.5 Å². The van der Waals surface area contributed by atoms with Gasteiger partial charge >= 0.3 is 0 Å². The number of rotatable bonds is 8. The zero-order valence-corrected chi connectivity index (χ0v) is 23.7. The number of morpholine rings is 1. The molecule has 2 aromatic carbocycles. The minimum atomic E-state index is -0.385. The Balaban J connectivity index is 1.23. The van der Waals surface area contributed by atoms with Crippen molar-refractivity contribution in [2.75, 3.05) is 36.9 Å². The van der Waals surface area contributed by atoms with Crippen molar-refractivity contribution in [1.82, 2.24) is 19.7 Å². The number of carbonyl (C=O) groups is 2. The highest BCUT2D eigenvalue weighted by Gasteiger charge is 2.24. The lowest BCUT2D eigenvalue weighted by Gasteiger charge is -2.26. The highest BCUT2D eigenvalue weighted by Crippen LogP contribution is 2.40. The highest BCUT2D eigenvalue weighted by molar-refractivity contribution is 6.05. The summed E-state index contributed by atoms with van der Waals surface area (Å²) < 4.78 is 6.51. The van der Waals surface area contributed by atoms with Gasteiger partial charge in [0.05, 0.1) is 31.1 Å². The number of aliphatic hydroxyl groups excluding tert-OH is 1. The molecule has 1 saturated carbocycles. The molecule has 0 spiro atoms. The van der Waals surface area contributed by atoms with Crippen LogP contribution in [0.1, 0.15) is 50.6 Å². The van der Waals surface area contributed by atoms with E-state index in [0.29, 0.717) is 71.7 Å². The molecule has 3 heterocycles. The Labute approximate surface area is 248 Å². The van der Waals surface area contributed by atoms with Crippen LogP contribution in [0.4, 0.5) is 17.2 Å². The second kappa shape index (κ2) is 12.2. The number of nitrogens with one attached hydrogen (secondary N) is 2. The molecule has 6 rings (SSSR count). The van der Waals surface area contributed by atoms with Crippen LogP contribution in [0, 0.1) is 0 Å². The van der Waals surface area contributed by atoms with Crippen LogP contribution in [0.3, 0.4) is 0 Å². The zero-order chi connectivity index (χ0) is 29.9. The van der Waals surface area contributed by atoms with Crippen LogP contribution in [-0.4, -0.2) is 62.9 Å². The summed E-state index contributed by atoms with van der Waals surface area (Å²) in [4.78, 5) is 44.8. The van der Waals surface area contributed by atoms with Gasteiger partial charge in [0.25, 0.3) is 17.4 Å². The molecule has 1 aliphatic carbocycles. The van der Waals surface area contributed by atoms with Gasteiger partial charge in [-0.25, -0.2) is 9.67 Å². The second-order valence-electron chi connectivity index (χ2n) is 10.7. The Bertz CT molecular complexity index is 1710. The van der Waals surface area contributed by atoms with Crippen LogP contribution in [0.15, 0.2) is 71.7 Å². The molecule has 1 saturated heterocycles. The van der Waals surface area contributed by atoms with E-state index in [-0.39, 0.29) is 29.7 Å². The number of nitrogens with zero attached hydrogens (tertiary/aromatic N) is 4. The molecule has 4 aromatic rings. The van der Waals surface area contributed by atoms with Gasteiger partial charge in [-0.1, -0.05) is 24.3 Å². The molecule has 2 amide bonds. The predicted molar refractivity (Wildman–Crippen MR) is 161 cm³/mol. The van der Waals surface area contributed by atoms with Gasteiger partial charge < -0.3 is 25.4 Å². The fourth-order valence-electron chi connectivity index (χ4n) is 5.14. The number of ether oxygens (including phenoxy) is 1. The average Bonchev–Trinajstić information content (AvgIpc) is 3.89. The van der Waals surface area contributed by atoms with Crippen LogP contribution in [-0.2, 0) is 18.4 Å². The lowest BCUT2D eigenvalue weighted by atomic mass is 10.0. The first-order chi connectivity index (χ1) is 20.9. The molecule has 220 valence electrons. The normalized spacial score (nSPS) is 14.8. The molecule has 3 N–H and O–H groups in total. The van der Waals surface area contributed by atoms with Crippen molar-refractivity contribution >= 4 is 29.0 Å². The van der Waals surface area contributed by atoms with Crippen molar-refractivity contribution in [2.45, 2.75) is 25.4 Å². The maximum Gasteiger partial charge on any atom is 0.290 e. The summed E-state index contributed by atoms with van der Waals surface area (Å²) in [6.45, 7) is 1.72. The minimum absolute atomic E-state index is 0.122. The highest BCUT2D eigenvalue weighted by atomic mass is 16.5. The Hall–Kier alpha value is -4.87. The topological polar surface area (TPSA) is 139 Å². The first-order valence-electron chi connectivity index (χ1n) is 14.2. The van der Waals surface area contributed by atoms with E-state index in [1.807, 2.05) is 24.3 Å². The Morgan fingerprint density at radius 3 is 2.42 bits per heavy atom. The van der Waals surface area contributed by atoms with Crippen LogP contribution in [0.2, 0.25) is 0 Å². The fourth-order valence-corrected chi connectivity index (χ4v) is 5.14. The van der Waals surface area contributed by atoms with E-state index in [9.17, 15) is 19.5 Å². The summed E-state index contributed by atoms with van der Waals surface area (Å²) in [5.74, 6) is 0.571. The average molecular weight is 581 g/mol. The molecule has 2 aromatic heterocycles. The summed E-state index contributed by atoms with van der Waals surface area (Å²) in [5.41, 5.74) is 3.92. The number of carbonyl (C=O) groups excluding carboxylic acids is 2. The SMILES string of the molecule is Cn1nc(-c2cccc(NC(=O)c3ccc(C4CC4)cc3)c2CO)cc(Nc2ccc(C(=O)N3CCOCC3)cn2)c1=O. The molecule has 11 nitrogen and oxygen atoms in total. The quantitative estimate of drug-likeness (QED) is 0.287. The number of pyridine rings is 1. The van der Waals surface area contributed by atoms with Crippen molar-refractivity contribution in [3.63, 3.8) is 0 Å². The first-order valence-corrected chi connectivity index (χ1v) is 14.2. The second-order valence-corrected chi connectivity index (χ2v) is 10.7. The number of hydrogen-bond donors (Lipinski definition) is 3. The smallest absolute Gasteiger partial charge is 0.290 e. The standard InChI is InChI=1S/C32H32N6O5/c1-37-32(42)28(34-29-12-11-23(18-33-29)31(41)38-13-15-43-16-14-38)17-27(36-37)24-3-2-4-26(25(24)19-39)35-30(40)22-9-7-21(8-10-22)20-5-6-20/h2-4,7-12,17-18,20,39H,5-6,13-16,19H2,1H3,(H,33,34)(H,35,40). The van der Waals surface area contributed by atoms with Gasteiger partial charge in [-0.3, -0.25) is 14.4 Å². The van der Waals surface area contributed by atoms with Gasteiger partial charge in [0, 0.05) is 48.7 Å². The van der Waals surface area contributed by atoms with Crippen molar-refractivity contribution in [1.29, 1.82) is 0 Å². The van der Waals surface area contributed by atoms with E-state index in [2.05, 4.69) is 20.7 Å². The van der Waals surface area contributed by atoms with Gasteiger partial charge in [0.15, 0.2) is 0 Å². The van der Waals surface area contributed by atoms with Crippen LogP contribution in [0.25, 0.3) is 11.3 Å². The summed E-state index contributed by atoms with van der Waals surface area (Å²) in [7, 11) is 1.53. The van der Waals surface area contributed by atoms with Crippen LogP contribution < -0.4 is 16.2 Å². The summed E-state index contributed by atoms with van der Waals surface area (Å²) in [6.07, 6.45) is 3.85. The molecular formula is C32H32N6O5. The van der Waals surface area contributed by atoms with Crippen LogP contribution in [0.5, 0.6) is 0 Å². The zero-order valence-electron chi connectivity index (χ0n) is 23.7. The lowest BCUT2D eigenvalue weighted by Crippen LogP contribution is -2.40. The Kier molecular flexibility index (Phi) is 7.99. The first kappa shape index (κ1) is 28.3. The molecule has 1 aliphatic heterocycles. The van der Waals surface area contributed by atoms with Gasteiger partial charge in [-0.15, -0.1) is 0 Å². The van der Waals surface area contributed by atoms with Gasteiger partial charge in [0.1, 0.15) is 11.5 Å². The molecular weight excluding hydrogens is 548 g/mol. The predicted octanol–water partition coefficient (Wildman–Crippen LogP) is 3.68. The fraction of sp³-hybridized carbons (Fsp3) is 0.281. The Morgan fingerprint density at radius 2 is 1.74 bits per heavy atom. The number of aliphatic hydroxyl groups is 1. The number of aryl methyl sites for hydroxylation is 1. The Morgan fingerprint density at radius 1 is 1.00 bits per heavy atom. The molecule has 0 radical (unpaired) electrons. The van der Waals surface area contributed by atoms with Crippen LogP contribution >= 0.6 is 0 Å². The number of hydrogen-bond acceptors (Lipinski definition) is 8. The van der Waals surface area contributed by atoms with Gasteiger partial charge in [0.2, 0.25) is 0 Å². The van der Waals surface area contributed by atoms with Crippen molar-refractivity contribution in [3.8, 4) is 11.3 Å². The van der Waals surface area contributed by atoms with Crippen molar-refractivity contribution in [2.24, 2.45) is 7.05 Å². The number of aromatic nitrogens is 3. The molecule has 0 atom stereocenters. The third-order valence-corrected chi connectivity index (χ3v) is 7.71. The van der Waals surface area contributed by atoms with E-state index in [1.54, 1.807) is 41.3 Å². The molecule has 0 bridgehead atoms. The monoisotopic (exact) mass is 580 g/mol. The largest absolute Gasteiger partial charge is 0.392 e. The maximum atomic E-state index is 13.0. The summed E-state index contributed by atoms with van der Waals surface area (Å²) in [6, 6.07) is 17.7.